The standard InChI is InChI=1S/C10H9N3O4/c11-9(10(14)15)5-1-2-7-6(3-5)8(4-12-7)13(16)17/h1-4,9,12H,11H2,(H,14,15). The highest BCUT2D eigenvalue weighted by atomic mass is 16.6. The first-order chi connectivity index (χ1) is 8.00. The highest BCUT2D eigenvalue weighted by Gasteiger charge is 2.18. The summed E-state index contributed by atoms with van der Waals surface area (Å²) in [5, 5.41) is 19.9. The number of nitrogens with two attached hydrogens (primary N) is 1. The van der Waals surface area contributed by atoms with E-state index in [0.29, 0.717) is 16.5 Å². The lowest BCUT2D eigenvalue weighted by atomic mass is 10.1. The lowest BCUT2D eigenvalue weighted by Gasteiger charge is -2.06. The van der Waals surface area contributed by atoms with E-state index in [1.165, 1.54) is 18.3 Å². The molecule has 0 aliphatic rings. The minimum atomic E-state index is -1.19. The van der Waals surface area contributed by atoms with Gasteiger partial charge in [-0.3, -0.25) is 14.9 Å². The van der Waals surface area contributed by atoms with Gasteiger partial charge >= 0.3 is 5.97 Å². The second-order valence-corrected chi connectivity index (χ2v) is 3.55. The second-order valence-electron chi connectivity index (χ2n) is 3.55. The lowest BCUT2D eigenvalue weighted by molar-refractivity contribution is -0.383. The predicted octanol–water partition coefficient (Wildman–Crippen LogP) is 1.16. The summed E-state index contributed by atoms with van der Waals surface area (Å²) in [6, 6.07) is 3.33. The Morgan fingerprint density at radius 2 is 2.24 bits per heavy atom. The van der Waals surface area contributed by atoms with Gasteiger partial charge in [0.2, 0.25) is 0 Å². The quantitative estimate of drug-likeness (QED) is 0.544. The fraction of sp³-hybridized carbons (Fsp3) is 0.100. The van der Waals surface area contributed by atoms with Crippen LogP contribution in [0.1, 0.15) is 11.6 Å². The van der Waals surface area contributed by atoms with Crippen LogP contribution in [0.3, 0.4) is 0 Å². The number of carboxylic acid groups (broad SMARTS) is 1. The number of nitrogens with one attached hydrogen (secondary N) is 1. The van der Waals surface area contributed by atoms with Crippen LogP contribution in [0.5, 0.6) is 0 Å². The number of hydrogen-bond acceptors (Lipinski definition) is 4. The monoisotopic (exact) mass is 235 g/mol. The summed E-state index contributed by atoms with van der Waals surface area (Å²) in [5.74, 6) is -1.18. The molecule has 1 aromatic heterocycles. The number of aromatic amines is 1. The van der Waals surface area contributed by atoms with E-state index in [9.17, 15) is 14.9 Å². The van der Waals surface area contributed by atoms with Crippen molar-refractivity contribution in [2.45, 2.75) is 6.04 Å². The molecule has 2 aromatic rings. The van der Waals surface area contributed by atoms with Crippen molar-refractivity contribution in [2.24, 2.45) is 5.73 Å². The fourth-order valence-electron chi connectivity index (χ4n) is 1.61. The molecular weight excluding hydrogens is 226 g/mol. The molecular formula is C10H9N3O4. The maximum absolute atomic E-state index is 10.7. The van der Waals surface area contributed by atoms with Crippen molar-refractivity contribution in [3.05, 3.63) is 40.1 Å². The smallest absolute Gasteiger partial charge is 0.325 e. The Morgan fingerprint density at radius 3 is 2.82 bits per heavy atom. The number of benzene rings is 1. The summed E-state index contributed by atoms with van der Waals surface area (Å²) < 4.78 is 0. The zero-order valence-corrected chi connectivity index (χ0v) is 8.58. The molecule has 0 radical (unpaired) electrons. The van der Waals surface area contributed by atoms with Gasteiger partial charge in [0, 0.05) is 0 Å². The van der Waals surface area contributed by atoms with Crippen molar-refractivity contribution < 1.29 is 14.8 Å². The first-order valence-corrected chi connectivity index (χ1v) is 4.74. The Balaban J connectivity index is 2.59. The van der Waals surface area contributed by atoms with Gasteiger partial charge in [-0.15, -0.1) is 0 Å². The van der Waals surface area contributed by atoms with Crippen LogP contribution in [0.15, 0.2) is 24.4 Å². The van der Waals surface area contributed by atoms with E-state index in [2.05, 4.69) is 4.98 Å². The van der Waals surface area contributed by atoms with Crippen molar-refractivity contribution in [3.63, 3.8) is 0 Å². The van der Waals surface area contributed by atoms with Crippen LogP contribution in [0, 0.1) is 10.1 Å². The van der Waals surface area contributed by atoms with Gasteiger partial charge in [-0.2, -0.15) is 0 Å². The zero-order valence-electron chi connectivity index (χ0n) is 8.58. The number of carboxylic acids is 1. The molecule has 1 heterocycles. The van der Waals surface area contributed by atoms with Crippen molar-refractivity contribution in [3.8, 4) is 0 Å². The molecule has 0 spiro atoms. The Bertz CT molecular complexity index is 605. The van der Waals surface area contributed by atoms with Gasteiger partial charge < -0.3 is 15.8 Å². The Hall–Kier alpha value is -2.41. The van der Waals surface area contributed by atoms with Crippen molar-refractivity contribution >= 4 is 22.6 Å². The number of aromatic nitrogens is 1. The third-order valence-corrected chi connectivity index (χ3v) is 2.51. The van der Waals surface area contributed by atoms with E-state index >= 15 is 0 Å². The normalized spacial score (nSPS) is 12.5. The minimum Gasteiger partial charge on any atom is -0.480 e. The number of nitrogens with zero attached hydrogens (tertiary/aromatic N) is 1. The molecule has 0 aliphatic heterocycles. The highest BCUT2D eigenvalue weighted by Crippen LogP contribution is 2.27. The van der Waals surface area contributed by atoms with E-state index in [1.807, 2.05) is 0 Å². The summed E-state index contributed by atoms with van der Waals surface area (Å²) in [6.07, 6.45) is 1.26. The molecule has 0 aliphatic carbocycles. The first-order valence-electron chi connectivity index (χ1n) is 4.74. The van der Waals surface area contributed by atoms with E-state index in [1.54, 1.807) is 6.07 Å². The molecule has 0 bridgehead atoms. The van der Waals surface area contributed by atoms with Crippen LogP contribution < -0.4 is 5.73 Å². The van der Waals surface area contributed by atoms with Gasteiger partial charge in [-0.1, -0.05) is 6.07 Å². The molecule has 88 valence electrons. The molecule has 1 unspecified atom stereocenters. The van der Waals surface area contributed by atoms with Crippen LogP contribution in [-0.4, -0.2) is 21.0 Å². The molecule has 0 fully saturated rings. The van der Waals surface area contributed by atoms with Crippen molar-refractivity contribution in [2.75, 3.05) is 0 Å². The molecule has 0 amide bonds. The maximum Gasteiger partial charge on any atom is 0.325 e. The number of H-pyrrole nitrogens is 1. The Labute approximate surface area is 95.0 Å². The van der Waals surface area contributed by atoms with E-state index in [0.717, 1.165) is 0 Å². The van der Waals surface area contributed by atoms with E-state index in [-0.39, 0.29) is 5.69 Å². The largest absolute Gasteiger partial charge is 0.480 e. The maximum atomic E-state index is 10.7. The Kier molecular flexibility index (Phi) is 2.52. The van der Waals surface area contributed by atoms with Gasteiger partial charge in [0.1, 0.15) is 6.04 Å². The summed E-state index contributed by atoms with van der Waals surface area (Å²) in [6.45, 7) is 0. The molecule has 1 atom stereocenters. The molecule has 17 heavy (non-hydrogen) atoms. The van der Waals surface area contributed by atoms with Crippen LogP contribution in [-0.2, 0) is 4.79 Å². The van der Waals surface area contributed by atoms with Gasteiger partial charge in [0.25, 0.3) is 5.69 Å². The summed E-state index contributed by atoms with van der Waals surface area (Å²) in [7, 11) is 0. The third kappa shape index (κ3) is 1.83. The number of hydrogen-bond donors (Lipinski definition) is 3. The molecule has 1 aromatic carbocycles. The average molecular weight is 235 g/mol. The Morgan fingerprint density at radius 1 is 1.53 bits per heavy atom. The molecule has 0 saturated carbocycles. The highest BCUT2D eigenvalue weighted by molar-refractivity contribution is 5.90. The number of fused-ring (bicyclic) bond motifs is 1. The third-order valence-electron chi connectivity index (χ3n) is 2.51. The first kappa shape index (κ1) is 11.1. The predicted molar refractivity (Wildman–Crippen MR) is 59.5 cm³/mol. The molecule has 2 rings (SSSR count). The van der Waals surface area contributed by atoms with E-state index < -0.39 is 16.9 Å². The van der Waals surface area contributed by atoms with E-state index in [4.69, 9.17) is 10.8 Å². The fourth-order valence-corrected chi connectivity index (χ4v) is 1.61. The van der Waals surface area contributed by atoms with Crippen LogP contribution >= 0.6 is 0 Å². The SMILES string of the molecule is NC(C(=O)O)c1ccc2[nH]cc([N+](=O)[O-])c2c1. The van der Waals surface area contributed by atoms with Crippen LogP contribution in [0.4, 0.5) is 5.69 Å². The molecule has 4 N–H and O–H groups in total. The van der Waals surface area contributed by atoms with Crippen molar-refractivity contribution in [1.82, 2.24) is 4.98 Å². The topological polar surface area (TPSA) is 122 Å². The van der Waals surface area contributed by atoms with Crippen LogP contribution in [0.25, 0.3) is 10.9 Å². The van der Waals surface area contributed by atoms with Gasteiger partial charge in [0.05, 0.1) is 22.0 Å². The summed E-state index contributed by atoms with van der Waals surface area (Å²) >= 11 is 0. The molecule has 7 heteroatoms. The zero-order chi connectivity index (χ0) is 12.6. The average Bonchev–Trinajstić information content (AvgIpc) is 2.70. The lowest BCUT2D eigenvalue weighted by Crippen LogP contribution is -2.20. The molecule has 0 saturated heterocycles. The van der Waals surface area contributed by atoms with Crippen molar-refractivity contribution in [1.29, 1.82) is 0 Å². The van der Waals surface area contributed by atoms with Gasteiger partial charge in [-0.05, 0) is 17.7 Å². The number of aliphatic carboxylic acids is 1. The number of carbonyl (C=O) groups is 1. The number of nitro groups is 1. The minimum absolute atomic E-state index is 0.0977. The van der Waals surface area contributed by atoms with Crippen LogP contribution in [0.2, 0.25) is 0 Å². The summed E-state index contributed by atoms with van der Waals surface area (Å²) in [4.78, 5) is 23.7. The van der Waals surface area contributed by atoms with Gasteiger partial charge in [0.15, 0.2) is 0 Å². The van der Waals surface area contributed by atoms with Gasteiger partial charge in [-0.25, -0.2) is 0 Å². The summed E-state index contributed by atoms with van der Waals surface area (Å²) in [5.41, 5.74) is 6.24. The molecule has 7 nitrogen and oxygen atoms in total. The number of rotatable bonds is 3. The second kappa shape index (κ2) is 3.87.